The first-order valence-electron chi connectivity index (χ1n) is 7.75. The number of rotatable bonds is 8. The summed E-state index contributed by atoms with van der Waals surface area (Å²) in [5.41, 5.74) is 0.175. The molecule has 4 heteroatoms. The predicted molar refractivity (Wildman–Crippen MR) is 81.2 cm³/mol. The largest absolute Gasteiger partial charge is 0.416 e. The van der Waals surface area contributed by atoms with E-state index in [0.29, 0.717) is 5.92 Å². The summed E-state index contributed by atoms with van der Waals surface area (Å²) >= 11 is 0. The molecule has 0 aromatic heterocycles. The highest BCUT2D eigenvalue weighted by Gasteiger charge is 2.30. The van der Waals surface area contributed by atoms with Crippen LogP contribution in [-0.4, -0.2) is 6.54 Å². The molecule has 1 rings (SSSR count). The molecule has 0 aliphatic rings. The van der Waals surface area contributed by atoms with Gasteiger partial charge in [-0.2, -0.15) is 13.2 Å². The molecule has 21 heavy (non-hydrogen) atoms. The summed E-state index contributed by atoms with van der Waals surface area (Å²) in [5.74, 6) is 0.623. The molecule has 0 aliphatic carbocycles. The van der Waals surface area contributed by atoms with E-state index in [9.17, 15) is 13.2 Å². The average Bonchev–Trinajstić information content (AvgIpc) is 2.41. The summed E-state index contributed by atoms with van der Waals surface area (Å²) < 4.78 is 38.5. The zero-order valence-electron chi connectivity index (χ0n) is 13.1. The van der Waals surface area contributed by atoms with E-state index in [2.05, 4.69) is 26.1 Å². The third kappa shape index (κ3) is 6.51. The summed E-state index contributed by atoms with van der Waals surface area (Å²) in [4.78, 5) is 0. The van der Waals surface area contributed by atoms with Crippen LogP contribution in [0.1, 0.15) is 63.6 Å². The van der Waals surface area contributed by atoms with Crippen molar-refractivity contribution in [3.63, 3.8) is 0 Å². The minimum absolute atomic E-state index is 0.00556. The maximum absolute atomic E-state index is 12.8. The second-order valence-electron chi connectivity index (χ2n) is 5.95. The Balaban J connectivity index is 2.81. The lowest BCUT2D eigenvalue weighted by molar-refractivity contribution is -0.137. The number of alkyl halides is 3. The van der Waals surface area contributed by atoms with Gasteiger partial charge in [0.05, 0.1) is 5.56 Å². The van der Waals surface area contributed by atoms with Crippen LogP contribution >= 0.6 is 0 Å². The number of hydrogen-bond donors (Lipinski definition) is 1. The molecule has 0 saturated heterocycles. The zero-order chi connectivity index (χ0) is 15.9. The summed E-state index contributed by atoms with van der Waals surface area (Å²) in [6, 6.07) is 5.71. The van der Waals surface area contributed by atoms with Gasteiger partial charge in [0.1, 0.15) is 0 Å². The first-order chi connectivity index (χ1) is 9.84. The quantitative estimate of drug-likeness (QED) is 0.661. The number of halogens is 3. The smallest absolute Gasteiger partial charge is 0.310 e. The maximum Gasteiger partial charge on any atom is 0.416 e. The van der Waals surface area contributed by atoms with Crippen molar-refractivity contribution in [2.45, 2.75) is 58.7 Å². The second kappa shape index (κ2) is 8.42. The Morgan fingerprint density at radius 2 is 1.86 bits per heavy atom. The van der Waals surface area contributed by atoms with Crippen LogP contribution in [0.4, 0.5) is 13.2 Å². The summed E-state index contributed by atoms with van der Waals surface area (Å²) in [7, 11) is 0. The van der Waals surface area contributed by atoms with E-state index in [1.807, 2.05) is 0 Å². The number of benzene rings is 1. The Hall–Kier alpha value is -1.03. The first-order valence-corrected chi connectivity index (χ1v) is 7.75. The van der Waals surface area contributed by atoms with E-state index in [-0.39, 0.29) is 6.04 Å². The average molecular weight is 301 g/mol. The van der Waals surface area contributed by atoms with Crippen LogP contribution in [0.15, 0.2) is 24.3 Å². The molecule has 1 aromatic carbocycles. The lowest BCUT2D eigenvalue weighted by atomic mass is 9.96. The minimum Gasteiger partial charge on any atom is -0.310 e. The Bertz CT molecular complexity index is 413. The van der Waals surface area contributed by atoms with Crippen LogP contribution in [0.5, 0.6) is 0 Å². The van der Waals surface area contributed by atoms with E-state index in [4.69, 9.17) is 0 Å². The van der Waals surface area contributed by atoms with Crippen LogP contribution in [0.2, 0.25) is 0 Å². The van der Waals surface area contributed by atoms with E-state index in [1.165, 1.54) is 12.1 Å². The summed E-state index contributed by atoms with van der Waals surface area (Å²) in [5, 5.41) is 3.37. The monoisotopic (exact) mass is 301 g/mol. The van der Waals surface area contributed by atoms with Gasteiger partial charge in [0.2, 0.25) is 0 Å². The van der Waals surface area contributed by atoms with Crippen LogP contribution < -0.4 is 5.32 Å². The van der Waals surface area contributed by atoms with Crippen LogP contribution in [0.25, 0.3) is 0 Å². The van der Waals surface area contributed by atoms with Crippen LogP contribution in [0.3, 0.4) is 0 Å². The van der Waals surface area contributed by atoms with E-state index < -0.39 is 11.7 Å². The highest BCUT2D eigenvalue weighted by Crippen LogP contribution is 2.31. The van der Waals surface area contributed by atoms with Gasteiger partial charge in [0.15, 0.2) is 0 Å². The Kier molecular flexibility index (Phi) is 7.23. The maximum atomic E-state index is 12.8. The van der Waals surface area contributed by atoms with Crippen molar-refractivity contribution in [3.8, 4) is 0 Å². The highest BCUT2D eigenvalue weighted by molar-refractivity contribution is 5.28. The second-order valence-corrected chi connectivity index (χ2v) is 5.95. The van der Waals surface area contributed by atoms with Gasteiger partial charge in [-0.15, -0.1) is 0 Å². The van der Waals surface area contributed by atoms with E-state index in [1.54, 1.807) is 6.07 Å². The molecule has 1 unspecified atom stereocenters. The van der Waals surface area contributed by atoms with Crippen molar-refractivity contribution in [2.24, 2.45) is 5.92 Å². The molecule has 0 fully saturated rings. The first kappa shape index (κ1) is 18.0. The molecule has 0 radical (unpaired) electrons. The predicted octanol–water partition coefficient (Wildman–Crippen LogP) is 5.57. The topological polar surface area (TPSA) is 12.0 Å². The van der Waals surface area contributed by atoms with Crippen LogP contribution in [0, 0.1) is 5.92 Å². The van der Waals surface area contributed by atoms with Gasteiger partial charge in [-0.05, 0) is 43.0 Å². The number of nitrogens with one attached hydrogen (secondary N) is 1. The molecule has 1 aromatic rings. The molecular weight excluding hydrogens is 275 g/mol. The third-order valence-electron chi connectivity index (χ3n) is 3.53. The van der Waals surface area contributed by atoms with Gasteiger partial charge in [0, 0.05) is 6.04 Å². The van der Waals surface area contributed by atoms with Crippen molar-refractivity contribution in [1.29, 1.82) is 0 Å². The van der Waals surface area contributed by atoms with Crippen molar-refractivity contribution in [3.05, 3.63) is 35.4 Å². The zero-order valence-corrected chi connectivity index (χ0v) is 13.1. The third-order valence-corrected chi connectivity index (χ3v) is 3.53. The molecule has 1 nitrogen and oxygen atoms in total. The van der Waals surface area contributed by atoms with Crippen molar-refractivity contribution >= 4 is 0 Å². The fourth-order valence-electron chi connectivity index (χ4n) is 2.37. The molecule has 1 N–H and O–H groups in total. The Morgan fingerprint density at radius 1 is 1.14 bits per heavy atom. The van der Waals surface area contributed by atoms with Gasteiger partial charge in [0.25, 0.3) is 0 Å². The molecule has 1 atom stereocenters. The molecule has 0 spiro atoms. The summed E-state index contributed by atoms with van der Waals surface area (Å²) in [6.45, 7) is 7.21. The van der Waals surface area contributed by atoms with Gasteiger partial charge < -0.3 is 5.32 Å². The molecular formula is C17H26F3N. The van der Waals surface area contributed by atoms with Crippen molar-refractivity contribution < 1.29 is 13.2 Å². The molecule has 0 saturated carbocycles. The fraction of sp³-hybridized carbons (Fsp3) is 0.647. The minimum atomic E-state index is -4.27. The molecule has 0 heterocycles. The lowest BCUT2D eigenvalue weighted by Gasteiger charge is -2.20. The van der Waals surface area contributed by atoms with Gasteiger partial charge in [-0.1, -0.05) is 45.7 Å². The van der Waals surface area contributed by atoms with Crippen molar-refractivity contribution in [1.82, 2.24) is 5.32 Å². The standard InChI is InChI=1S/C17H26F3N/c1-4-11-21-16(10-5-7-13(2)3)14-8-6-9-15(12-14)17(18,19)20/h6,8-9,12-13,16,21H,4-5,7,10-11H2,1-3H3. The molecule has 120 valence electrons. The normalized spacial score (nSPS) is 13.7. The number of hydrogen-bond acceptors (Lipinski definition) is 1. The van der Waals surface area contributed by atoms with Gasteiger partial charge in [-0.25, -0.2) is 0 Å². The molecule has 0 aliphatic heterocycles. The summed E-state index contributed by atoms with van der Waals surface area (Å²) in [6.07, 6.45) is -0.305. The van der Waals surface area contributed by atoms with Crippen molar-refractivity contribution in [2.75, 3.05) is 6.54 Å². The SMILES string of the molecule is CCCNC(CCCC(C)C)c1cccc(C(F)(F)F)c1. The van der Waals surface area contributed by atoms with Crippen LogP contribution in [-0.2, 0) is 6.18 Å². The lowest BCUT2D eigenvalue weighted by Crippen LogP contribution is -2.22. The Morgan fingerprint density at radius 3 is 2.43 bits per heavy atom. The van der Waals surface area contributed by atoms with Gasteiger partial charge in [-0.3, -0.25) is 0 Å². The van der Waals surface area contributed by atoms with Gasteiger partial charge >= 0.3 is 6.18 Å². The Labute approximate surface area is 125 Å². The molecule has 0 amide bonds. The van der Waals surface area contributed by atoms with E-state index in [0.717, 1.165) is 43.9 Å². The highest BCUT2D eigenvalue weighted by atomic mass is 19.4. The molecule has 0 bridgehead atoms. The van der Waals surface area contributed by atoms with E-state index >= 15 is 0 Å². The fourth-order valence-corrected chi connectivity index (χ4v) is 2.37.